The molecule has 0 aromatic heterocycles. The van der Waals surface area contributed by atoms with E-state index >= 15 is 0 Å². The molecule has 1 fully saturated rings. The third-order valence-electron chi connectivity index (χ3n) is 3.17. The summed E-state index contributed by atoms with van der Waals surface area (Å²) >= 11 is 0. The average molecular weight is 286 g/mol. The topological polar surface area (TPSA) is 120 Å². The molecule has 2 rings (SSSR count). The number of hydrogen-bond donors (Lipinski definition) is 5. The first-order valence-corrected chi connectivity index (χ1v) is 6.22. The van der Waals surface area contributed by atoms with Gasteiger partial charge < -0.3 is 35.0 Å². The molecule has 7 nitrogen and oxygen atoms in total. The molecule has 112 valence electrons. The molecule has 1 aliphatic heterocycles. The van der Waals surface area contributed by atoms with Gasteiger partial charge in [0.1, 0.15) is 24.4 Å². The van der Waals surface area contributed by atoms with E-state index in [0.717, 1.165) is 5.56 Å². The highest BCUT2D eigenvalue weighted by Gasteiger charge is 2.46. The maximum absolute atomic E-state index is 9.82. The summed E-state index contributed by atoms with van der Waals surface area (Å²) in [7, 11) is 0. The van der Waals surface area contributed by atoms with Gasteiger partial charge in [0.05, 0.1) is 6.61 Å². The van der Waals surface area contributed by atoms with Crippen LogP contribution < -0.4 is 0 Å². The van der Waals surface area contributed by atoms with Crippen molar-refractivity contribution in [3.8, 4) is 0 Å². The van der Waals surface area contributed by atoms with E-state index in [9.17, 15) is 25.5 Å². The lowest BCUT2D eigenvalue weighted by atomic mass is 9.98. The fourth-order valence-electron chi connectivity index (χ4n) is 1.97. The van der Waals surface area contributed by atoms with Gasteiger partial charge in [0, 0.05) is 0 Å². The molecule has 0 aliphatic carbocycles. The molecule has 2 unspecified atom stereocenters. The first-order valence-electron chi connectivity index (χ1n) is 6.22. The van der Waals surface area contributed by atoms with Crippen LogP contribution >= 0.6 is 0 Å². The van der Waals surface area contributed by atoms with Crippen LogP contribution in [0.15, 0.2) is 30.3 Å². The molecule has 5 N–H and O–H groups in total. The van der Waals surface area contributed by atoms with E-state index in [-0.39, 0.29) is 6.61 Å². The molecule has 1 aromatic carbocycles. The van der Waals surface area contributed by atoms with Crippen LogP contribution in [0.3, 0.4) is 0 Å². The minimum Gasteiger partial charge on any atom is -0.387 e. The van der Waals surface area contributed by atoms with Gasteiger partial charge >= 0.3 is 0 Å². The van der Waals surface area contributed by atoms with Crippen molar-refractivity contribution in [1.29, 1.82) is 0 Å². The zero-order chi connectivity index (χ0) is 14.7. The van der Waals surface area contributed by atoms with Crippen LogP contribution in [0.1, 0.15) is 5.56 Å². The van der Waals surface area contributed by atoms with Gasteiger partial charge in [-0.3, -0.25) is 0 Å². The van der Waals surface area contributed by atoms with E-state index in [1.807, 2.05) is 6.07 Å². The van der Waals surface area contributed by atoms with Gasteiger partial charge in [0.2, 0.25) is 0 Å². The molecular weight excluding hydrogens is 268 g/mol. The van der Waals surface area contributed by atoms with E-state index in [1.165, 1.54) is 0 Å². The van der Waals surface area contributed by atoms with E-state index in [1.54, 1.807) is 24.3 Å². The molecule has 1 aromatic rings. The molecule has 0 bridgehead atoms. The Balaban J connectivity index is 1.93. The van der Waals surface area contributed by atoms with Crippen LogP contribution in [0.2, 0.25) is 0 Å². The molecule has 6 atom stereocenters. The molecule has 1 saturated heterocycles. The Morgan fingerprint density at radius 1 is 1.00 bits per heavy atom. The number of rotatable bonds is 4. The minimum atomic E-state index is -1.70. The van der Waals surface area contributed by atoms with E-state index < -0.39 is 37.0 Å². The Hall–Kier alpha value is -1.06. The van der Waals surface area contributed by atoms with Crippen molar-refractivity contribution in [1.82, 2.24) is 0 Å². The van der Waals surface area contributed by atoms with Crippen LogP contribution in [0, 0.1) is 0 Å². The summed E-state index contributed by atoms with van der Waals surface area (Å²) < 4.78 is 9.99. The molecule has 1 aliphatic rings. The summed E-state index contributed by atoms with van der Waals surface area (Å²) in [5.74, 6) is 0. The van der Waals surface area contributed by atoms with Gasteiger partial charge in [-0.05, 0) is 5.56 Å². The second-order valence-corrected chi connectivity index (χ2v) is 4.65. The number of aliphatic hydroxyl groups is 5. The molecule has 20 heavy (non-hydrogen) atoms. The number of benzene rings is 1. The summed E-state index contributed by atoms with van der Waals surface area (Å²) in [6.07, 6.45) is -9.44. The summed E-state index contributed by atoms with van der Waals surface area (Å²) in [6.45, 7) is 0.0727. The lowest BCUT2D eigenvalue weighted by Crippen LogP contribution is -2.60. The quantitative estimate of drug-likeness (QED) is 0.419. The molecule has 7 heteroatoms. The third-order valence-corrected chi connectivity index (χ3v) is 3.17. The summed E-state index contributed by atoms with van der Waals surface area (Å²) in [4.78, 5) is 0. The second-order valence-electron chi connectivity index (χ2n) is 4.65. The molecule has 0 saturated carbocycles. The minimum absolute atomic E-state index is 0.0727. The molecular formula is C13H18O7. The van der Waals surface area contributed by atoms with Crippen molar-refractivity contribution in [2.75, 3.05) is 0 Å². The van der Waals surface area contributed by atoms with E-state index in [0.29, 0.717) is 0 Å². The number of hydrogen-bond acceptors (Lipinski definition) is 7. The summed E-state index contributed by atoms with van der Waals surface area (Å²) in [6, 6.07) is 9.03. The Morgan fingerprint density at radius 3 is 2.30 bits per heavy atom. The average Bonchev–Trinajstić information content (AvgIpc) is 2.47. The third kappa shape index (κ3) is 3.33. The Bertz CT molecular complexity index is 412. The van der Waals surface area contributed by atoms with Gasteiger partial charge in [-0.1, -0.05) is 30.3 Å². The van der Waals surface area contributed by atoms with Crippen molar-refractivity contribution < 1.29 is 35.0 Å². The van der Waals surface area contributed by atoms with Gasteiger partial charge in [0.15, 0.2) is 12.6 Å². The van der Waals surface area contributed by atoms with Crippen LogP contribution in [0.4, 0.5) is 0 Å². The maximum atomic E-state index is 9.82. The highest BCUT2D eigenvalue weighted by molar-refractivity contribution is 5.13. The van der Waals surface area contributed by atoms with Crippen molar-refractivity contribution in [3.05, 3.63) is 35.9 Å². The van der Waals surface area contributed by atoms with Crippen LogP contribution in [-0.4, -0.2) is 62.5 Å². The molecule has 0 radical (unpaired) electrons. The van der Waals surface area contributed by atoms with Crippen molar-refractivity contribution in [3.63, 3.8) is 0 Å². The monoisotopic (exact) mass is 286 g/mol. The van der Waals surface area contributed by atoms with Crippen LogP contribution in [0.25, 0.3) is 0 Å². The Morgan fingerprint density at radius 2 is 1.65 bits per heavy atom. The van der Waals surface area contributed by atoms with Gasteiger partial charge in [-0.15, -0.1) is 0 Å². The predicted molar refractivity (Wildman–Crippen MR) is 66.1 cm³/mol. The number of aliphatic hydroxyl groups excluding tert-OH is 5. The molecule has 1 heterocycles. The lowest BCUT2D eigenvalue weighted by Gasteiger charge is -2.39. The first kappa shape index (κ1) is 15.3. The predicted octanol–water partition coefficient (Wildman–Crippen LogP) is -1.68. The zero-order valence-corrected chi connectivity index (χ0v) is 10.6. The highest BCUT2D eigenvalue weighted by atomic mass is 16.7. The fraction of sp³-hybridized carbons (Fsp3) is 0.538. The standard InChI is InChI=1S/C13H18O7/c14-8-9(15)11(20-12(17)10(8)16)13(18)19-6-7-4-2-1-3-5-7/h1-5,8-18H,6H2/t8-,9+,10+,11-,12?,13?/m0/s1. The van der Waals surface area contributed by atoms with Gasteiger partial charge in [-0.25, -0.2) is 0 Å². The highest BCUT2D eigenvalue weighted by Crippen LogP contribution is 2.23. The van der Waals surface area contributed by atoms with Gasteiger partial charge in [-0.2, -0.15) is 0 Å². The first-order chi connectivity index (χ1) is 9.50. The second kappa shape index (κ2) is 6.59. The smallest absolute Gasteiger partial charge is 0.184 e. The van der Waals surface area contributed by atoms with Crippen LogP contribution in [-0.2, 0) is 16.1 Å². The van der Waals surface area contributed by atoms with E-state index in [4.69, 9.17) is 9.47 Å². The SMILES string of the molecule is OC(OCc1ccccc1)[C@H]1OC(O)[C@H](O)[C@@H](O)[C@H]1O. The largest absolute Gasteiger partial charge is 0.387 e. The lowest BCUT2D eigenvalue weighted by molar-refractivity contribution is -0.324. The molecule has 0 amide bonds. The Labute approximate surface area is 115 Å². The zero-order valence-electron chi connectivity index (χ0n) is 10.6. The van der Waals surface area contributed by atoms with Crippen molar-refractivity contribution in [2.24, 2.45) is 0 Å². The number of ether oxygens (including phenoxy) is 2. The van der Waals surface area contributed by atoms with Crippen molar-refractivity contribution in [2.45, 2.75) is 43.6 Å². The molecule has 0 spiro atoms. The summed E-state index contributed by atoms with van der Waals surface area (Å²) in [5, 5.41) is 47.7. The maximum Gasteiger partial charge on any atom is 0.184 e. The van der Waals surface area contributed by atoms with E-state index in [2.05, 4.69) is 0 Å². The normalized spacial score (nSPS) is 35.8. The van der Waals surface area contributed by atoms with Crippen LogP contribution in [0.5, 0.6) is 0 Å². The van der Waals surface area contributed by atoms with Gasteiger partial charge in [0.25, 0.3) is 0 Å². The summed E-state index contributed by atoms with van der Waals surface area (Å²) in [5.41, 5.74) is 0.804. The fourth-order valence-corrected chi connectivity index (χ4v) is 1.97. The van der Waals surface area contributed by atoms with Crippen molar-refractivity contribution >= 4 is 0 Å². The Kier molecular flexibility index (Phi) is 5.06.